The molecule has 0 saturated heterocycles. The van der Waals surface area contributed by atoms with E-state index >= 15 is 0 Å². The second-order valence-electron chi connectivity index (χ2n) is 4.09. The number of hydrogen-bond donors (Lipinski definition) is 1. The van der Waals surface area contributed by atoms with E-state index in [0.717, 1.165) is 19.5 Å². The highest BCUT2D eigenvalue weighted by Crippen LogP contribution is 2.04. The predicted octanol–water partition coefficient (Wildman–Crippen LogP) is 4.93. The summed E-state index contributed by atoms with van der Waals surface area (Å²) in [6.45, 7) is 10.3. The van der Waals surface area contributed by atoms with E-state index in [1.807, 2.05) is 26.0 Å². The van der Waals surface area contributed by atoms with Crippen LogP contribution in [0, 0.1) is 0 Å². The number of nitrogens with zero attached hydrogens (tertiary/aromatic N) is 1. The van der Waals surface area contributed by atoms with E-state index in [0.29, 0.717) is 0 Å². The SMILES string of the molecule is C1=CC=CN=CC=1.CC.CCNCc1ccc(CC)cc1.[HH]. The molecule has 0 unspecified atom stereocenters. The van der Waals surface area contributed by atoms with Gasteiger partial charge >= 0.3 is 0 Å². The van der Waals surface area contributed by atoms with Crippen molar-refractivity contribution < 1.29 is 1.43 Å². The first kappa shape index (κ1) is 19.1. The highest BCUT2D eigenvalue weighted by molar-refractivity contribution is 5.71. The topological polar surface area (TPSA) is 24.4 Å². The molecule has 2 rings (SSSR count). The molecule has 0 saturated carbocycles. The molecule has 1 aliphatic rings. The molecular formula is C19H30N2. The molecule has 2 heteroatoms. The lowest BCUT2D eigenvalue weighted by Crippen LogP contribution is -2.11. The maximum atomic E-state index is 3.82. The van der Waals surface area contributed by atoms with Gasteiger partial charge in [-0.05, 0) is 42.3 Å². The Hall–Kier alpha value is -1.89. The van der Waals surface area contributed by atoms with Gasteiger partial charge in [0.15, 0.2) is 0 Å². The van der Waals surface area contributed by atoms with Crippen LogP contribution >= 0.6 is 0 Å². The van der Waals surface area contributed by atoms with Gasteiger partial charge in [-0.3, -0.25) is 4.99 Å². The fourth-order valence-corrected chi connectivity index (χ4v) is 1.50. The minimum absolute atomic E-state index is 0. The van der Waals surface area contributed by atoms with Crippen molar-refractivity contribution in [2.45, 2.75) is 40.7 Å². The number of aliphatic imine (C=N–C) groups is 1. The van der Waals surface area contributed by atoms with Crippen LogP contribution in [0.3, 0.4) is 0 Å². The van der Waals surface area contributed by atoms with E-state index in [2.05, 4.69) is 54.2 Å². The zero-order chi connectivity index (χ0) is 15.8. The molecule has 0 bridgehead atoms. The number of rotatable bonds is 4. The molecule has 1 heterocycles. The molecule has 1 aromatic carbocycles. The van der Waals surface area contributed by atoms with Crippen LogP contribution in [-0.4, -0.2) is 12.8 Å². The first-order valence-corrected chi connectivity index (χ1v) is 7.74. The van der Waals surface area contributed by atoms with E-state index in [9.17, 15) is 0 Å². The van der Waals surface area contributed by atoms with E-state index in [-0.39, 0.29) is 1.43 Å². The lowest BCUT2D eigenvalue weighted by atomic mass is 10.1. The van der Waals surface area contributed by atoms with Crippen LogP contribution < -0.4 is 5.32 Å². The molecule has 1 aromatic rings. The van der Waals surface area contributed by atoms with E-state index < -0.39 is 0 Å². The van der Waals surface area contributed by atoms with Crippen LogP contribution in [-0.2, 0) is 13.0 Å². The number of hydrogen-bond acceptors (Lipinski definition) is 2. The molecular weight excluding hydrogens is 256 g/mol. The van der Waals surface area contributed by atoms with Crippen molar-refractivity contribution in [2.75, 3.05) is 6.54 Å². The van der Waals surface area contributed by atoms with Gasteiger partial charge in [0, 0.05) is 20.4 Å². The third kappa shape index (κ3) is 10.5. The summed E-state index contributed by atoms with van der Waals surface area (Å²) in [6, 6.07) is 8.79. The summed E-state index contributed by atoms with van der Waals surface area (Å²) in [5, 5.41) is 3.30. The van der Waals surface area contributed by atoms with Crippen molar-refractivity contribution in [1.29, 1.82) is 0 Å². The standard InChI is InChI=1S/C11H17N.C6H5N.C2H6.H2/c1-3-10-5-7-11(8-6-10)9-12-4-2;1-2-4-6-7-5-3-1;1-2;/h5-8,12H,3-4,9H2,1-2H3;1,3-6H;1-2H3;1H. The van der Waals surface area contributed by atoms with Crippen LogP contribution in [0.25, 0.3) is 0 Å². The fourth-order valence-electron chi connectivity index (χ4n) is 1.50. The Kier molecular flexibility index (Phi) is 13.2. The molecule has 0 aromatic heterocycles. The van der Waals surface area contributed by atoms with Crippen LogP contribution in [0.1, 0.15) is 40.2 Å². The molecule has 0 fully saturated rings. The van der Waals surface area contributed by atoms with E-state index in [4.69, 9.17) is 0 Å². The van der Waals surface area contributed by atoms with Gasteiger partial charge in [-0.1, -0.05) is 52.0 Å². The first-order chi connectivity index (χ1) is 10.4. The van der Waals surface area contributed by atoms with Gasteiger partial charge in [0.2, 0.25) is 0 Å². The van der Waals surface area contributed by atoms with E-state index in [1.165, 1.54) is 11.1 Å². The first-order valence-electron chi connectivity index (χ1n) is 7.74. The van der Waals surface area contributed by atoms with Crippen LogP contribution in [0.15, 0.2) is 59.4 Å². The molecule has 0 amide bonds. The molecule has 2 nitrogen and oxygen atoms in total. The Morgan fingerprint density at radius 1 is 1.05 bits per heavy atom. The molecule has 116 valence electrons. The Morgan fingerprint density at radius 2 is 1.71 bits per heavy atom. The molecule has 0 radical (unpaired) electrons. The number of benzene rings is 1. The van der Waals surface area contributed by atoms with Crippen molar-refractivity contribution in [1.82, 2.24) is 5.32 Å². The second kappa shape index (κ2) is 14.5. The monoisotopic (exact) mass is 286 g/mol. The quantitative estimate of drug-likeness (QED) is 0.780. The Bertz CT molecular complexity index is 451. The Morgan fingerprint density at radius 3 is 2.33 bits per heavy atom. The maximum Gasteiger partial charge on any atom is 0.0344 e. The van der Waals surface area contributed by atoms with Gasteiger partial charge in [0.1, 0.15) is 0 Å². The lowest BCUT2D eigenvalue weighted by molar-refractivity contribution is 0.726. The van der Waals surface area contributed by atoms with Crippen molar-refractivity contribution in [3.63, 3.8) is 0 Å². The Labute approximate surface area is 131 Å². The maximum absolute atomic E-state index is 3.82. The van der Waals surface area contributed by atoms with Crippen molar-refractivity contribution in [3.8, 4) is 0 Å². The van der Waals surface area contributed by atoms with Gasteiger partial charge in [-0.2, -0.15) is 0 Å². The predicted molar refractivity (Wildman–Crippen MR) is 96.9 cm³/mol. The van der Waals surface area contributed by atoms with Gasteiger partial charge in [-0.15, -0.1) is 5.73 Å². The second-order valence-corrected chi connectivity index (χ2v) is 4.09. The summed E-state index contributed by atoms with van der Waals surface area (Å²) in [7, 11) is 0. The summed E-state index contributed by atoms with van der Waals surface area (Å²) in [5.41, 5.74) is 5.64. The smallest absolute Gasteiger partial charge is 0.0344 e. The molecule has 21 heavy (non-hydrogen) atoms. The molecule has 0 aliphatic carbocycles. The molecule has 1 aliphatic heterocycles. The summed E-state index contributed by atoms with van der Waals surface area (Å²) in [4.78, 5) is 3.82. The van der Waals surface area contributed by atoms with Crippen LogP contribution in [0.5, 0.6) is 0 Å². The summed E-state index contributed by atoms with van der Waals surface area (Å²) in [5.74, 6) is 0. The van der Waals surface area contributed by atoms with Crippen molar-refractivity contribution in [2.24, 2.45) is 4.99 Å². The summed E-state index contributed by atoms with van der Waals surface area (Å²) >= 11 is 0. The Balaban J connectivity index is 0. The van der Waals surface area contributed by atoms with Gasteiger partial charge in [-0.25, -0.2) is 0 Å². The fraction of sp³-hybridized carbons (Fsp3) is 0.368. The van der Waals surface area contributed by atoms with Gasteiger partial charge < -0.3 is 5.32 Å². The third-order valence-corrected chi connectivity index (χ3v) is 2.63. The highest BCUT2D eigenvalue weighted by atomic mass is 14.8. The highest BCUT2D eigenvalue weighted by Gasteiger charge is 1.91. The van der Waals surface area contributed by atoms with Crippen LogP contribution in [0.4, 0.5) is 0 Å². The van der Waals surface area contributed by atoms with E-state index in [1.54, 1.807) is 18.5 Å². The lowest BCUT2D eigenvalue weighted by Gasteiger charge is -2.02. The summed E-state index contributed by atoms with van der Waals surface area (Å²) < 4.78 is 0. The zero-order valence-corrected chi connectivity index (χ0v) is 13.8. The third-order valence-electron chi connectivity index (χ3n) is 2.63. The van der Waals surface area contributed by atoms with Gasteiger partial charge in [0.05, 0.1) is 0 Å². The average Bonchev–Trinajstić information content (AvgIpc) is 2.88. The minimum Gasteiger partial charge on any atom is -0.313 e. The van der Waals surface area contributed by atoms with Crippen molar-refractivity contribution >= 4 is 6.21 Å². The molecule has 1 N–H and O–H groups in total. The normalized spacial score (nSPS) is 11.0. The number of allylic oxidation sites excluding steroid dienone is 2. The van der Waals surface area contributed by atoms with Crippen molar-refractivity contribution in [3.05, 3.63) is 65.6 Å². The summed E-state index contributed by atoms with van der Waals surface area (Å²) in [6.07, 6.45) is 9.95. The number of nitrogens with one attached hydrogen (secondary N) is 1. The zero-order valence-electron chi connectivity index (χ0n) is 13.8. The largest absolute Gasteiger partial charge is 0.313 e. The number of aryl methyl sites for hydroxylation is 1. The van der Waals surface area contributed by atoms with Gasteiger partial charge in [0.25, 0.3) is 0 Å². The minimum atomic E-state index is 0. The average molecular weight is 286 g/mol. The molecule has 0 spiro atoms. The van der Waals surface area contributed by atoms with Crippen LogP contribution in [0.2, 0.25) is 0 Å². The molecule has 0 atom stereocenters.